The molecule has 2 aromatic carbocycles. The third-order valence-corrected chi connectivity index (χ3v) is 8.15. The fraction of sp³-hybridized carbons (Fsp3) is 0.290. The number of primary amides is 1. The maximum Gasteiger partial charge on any atom is 0.282 e. The lowest BCUT2D eigenvalue weighted by atomic mass is 9.64. The van der Waals surface area contributed by atoms with Crippen molar-refractivity contribution in [1.82, 2.24) is 20.1 Å². The van der Waals surface area contributed by atoms with Crippen LogP contribution >= 0.6 is 0 Å². The van der Waals surface area contributed by atoms with E-state index in [2.05, 4.69) is 15.4 Å². The van der Waals surface area contributed by atoms with E-state index in [4.69, 9.17) is 5.73 Å². The van der Waals surface area contributed by atoms with Crippen molar-refractivity contribution < 1.29 is 31.5 Å². The zero-order valence-corrected chi connectivity index (χ0v) is 22.7. The average molecular weight is 596 g/mol. The maximum absolute atomic E-state index is 14.2. The third-order valence-electron chi connectivity index (χ3n) is 8.15. The van der Waals surface area contributed by atoms with Crippen LogP contribution in [0, 0.1) is 23.4 Å². The molecule has 7 rings (SSSR count). The van der Waals surface area contributed by atoms with Crippen LogP contribution in [0.2, 0.25) is 0 Å². The Morgan fingerprint density at radius 3 is 2.47 bits per heavy atom. The lowest BCUT2D eigenvalue weighted by Gasteiger charge is -2.41. The molecule has 12 heteroatoms. The first-order valence-electron chi connectivity index (χ1n) is 13.7. The minimum atomic E-state index is -2.77. The molecule has 3 aliphatic rings. The van der Waals surface area contributed by atoms with Gasteiger partial charge in [-0.15, -0.1) is 0 Å². The number of hydrogen-bond donors (Lipinski definition) is 2. The van der Waals surface area contributed by atoms with E-state index in [1.807, 2.05) is 0 Å². The van der Waals surface area contributed by atoms with Crippen molar-refractivity contribution in [2.24, 2.45) is 11.7 Å². The SMILES string of the molecule is NC(=O)c1cc(-c2cccnc2C(Cc2cc(F)cc(F)c2)NC(=O)Cn2nc(C(F)F)c3c2C2CC(C3)C2)ccc1F. The van der Waals surface area contributed by atoms with Crippen LogP contribution in [0.1, 0.15) is 69.8 Å². The highest BCUT2D eigenvalue weighted by molar-refractivity contribution is 5.94. The third kappa shape index (κ3) is 5.61. The summed E-state index contributed by atoms with van der Waals surface area (Å²) >= 11 is 0. The Kier molecular flexibility index (Phi) is 7.45. The van der Waals surface area contributed by atoms with Gasteiger partial charge in [0.1, 0.15) is 29.7 Å². The van der Waals surface area contributed by atoms with Crippen LogP contribution in [-0.2, 0) is 24.2 Å². The number of carbonyl (C=O) groups is 2. The van der Waals surface area contributed by atoms with Crippen LogP contribution in [0.4, 0.5) is 22.0 Å². The Labute approximate surface area is 242 Å². The molecule has 3 N–H and O–H groups in total. The van der Waals surface area contributed by atoms with E-state index in [0.29, 0.717) is 34.7 Å². The molecule has 2 amide bonds. The van der Waals surface area contributed by atoms with Gasteiger partial charge in [-0.25, -0.2) is 22.0 Å². The van der Waals surface area contributed by atoms with Gasteiger partial charge in [-0.1, -0.05) is 12.1 Å². The molecule has 0 saturated heterocycles. The molecule has 2 aromatic heterocycles. The number of benzene rings is 2. The number of nitrogens with zero attached hydrogens (tertiary/aromatic N) is 3. The first-order valence-corrected chi connectivity index (χ1v) is 13.7. The molecular weight excluding hydrogens is 569 g/mol. The van der Waals surface area contributed by atoms with Gasteiger partial charge in [0.05, 0.1) is 17.3 Å². The molecule has 222 valence electrons. The summed E-state index contributed by atoms with van der Waals surface area (Å²) in [4.78, 5) is 29.7. The van der Waals surface area contributed by atoms with Gasteiger partial charge in [0.25, 0.3) is 12.3 Å². The largest absolute Gasteiger partial charge is 0.366 e. The highest BCUT2D eigenvalue weighted by Crippen LogP contribution is 2.51. The highest BCUT2D eigenvalue weighted by atomic mass is 19.3. The van der Waals surface area contributed by atoms with Crippen LogP contribution in [0.3, 0.4) is 0 Å². The fourth-order valence-electron chi connectivity index (χ4n) is 6.29. The molecule has 1 saturated carbocycles. The van der Waals surface area contributed by atoms with Gasteiger partial charge in [-0.3, -0.25) is 19.3 Å². The number of rotatable bonds is 9. The molecule has 3 aliphatic carbocycles. The standard InChI is InChI=1S/C31H26F5N5O2/c32-19-8-16(9-20(33)13-19)11-25(27-21(2-1-5-38-27)17-3-4-24(34)22(12-17)31(37)43)39-26(42)14-41-29-18-6-15(7-18)10-23(29)28(40-41)30(35)36/h1-5,8-9,12-13,15,18,25,30H,6-7,10-11,14H2,(H2,37,43)(H,39,42). The Bertz CT molecular complexity index is 1710. The normalized spacial score (nSPS) is 17.7. The minimum Gasteiger partial charge on any atom is -0.366 e. The Morgan fingerprint density at radius 2 is 1.77 bits per heavy atom. The summed E-state index contributed by atoms with van der Waals surface area (Å²) in [7, 11) is 0. The summed E-state index contributed by atoms with van der Waals surface area (Å²) in [5, 5.41) is 6.95. The second-order valence-electron chi connectivity index (χ2n) is 11.0. The van der Waals surface area contributed by atoms with Gasteiger partial charge in [0, 0.05) is 35.0 Å². The molecule has 2 bridgehead atoms. The average Bonchev–Trinajstić information content (AvgIpc) is 3.31. The number of alkyl halides is 2. The molecule has 2 heterocycles. The number of nitrogens with two attached hydrogens (primary N) is 1. The highest BCUT2D eigenvalue weighted by Gasteiger charge is 2.43. The molecule has 0 spiro atoms. The molecule has 43 heavy (non-hydrogen) atoms. The van der Waals surface area contributed by atoms with Crippen molar-refractivity contribution in [2.75, 3.05) is 0 Å². The summed E-state index contributed by atoms with van der Waals surface area (Å²) in [6.07, 6.45) is 0.802. The van der Waals surface area contributed by atoms with Crippen molar-refractivity contribution in [1.29, 1.82) is 0 Å². The van der Waals surface area contributed by atoms with Crippen molar-refractivity contribution in [3.05, 3.63) is 106 Å². The number of halogens is 5. The molecular formula is C31H26F5N5O2. The molecule has 4 aromatic rings. The summed E-state index contributed by atoms with van der Waals surface area (Å²) in [5.41, 5.74) is 7.09. The Morgan fingerprint density at radius 1 is 1.02 bits per heavy atom. The van der Waals surface area contributed by atoms with Gasteiger partial charge in [-0.05, 0) is 73.1 Å². The van der Waals surface area contributed by atoms with Crippen molar-refractivity contribution in [3.63, 3.8) is 0 Å². The first kappa shape index (κ1) is 28.5. The van der Waals surface area contributed by atoms with E-state index in [0.717, 1.165) is 37.1 Å². The quantitative estimate of drug-likeness (QED) is 0.248. The number of carbonyl (C=O) groups excluding carboxylic acids is 2. The molecule has 1 unspecified atom stereocenters. The predicted molar refractivity (Wildman–Crippen MR) is 145 cm³/mol. The van der Waals surface area contributed by atoms with E-state index >= 15 is 0 Å². The smallest absolute Gasteiger partial charge is 0.282 e. The molecule has 7 nitrogen and oxygen atoms in total. The minimum absolute atomic E-state index is 0.0629. The molecule has 0 radical (unpaired) electrons. The van der Waals surface area contributed by atoms with E-state index in [1.165, 1.54) is 23.0 Å². The summed E-state index contributed by atoms with van der Waals surface area (Å²) in [6, 6.07) is 8.98. The molecule has 1 atom stereocenters. The zero-order valence-electron chi connectivity index (χ0n) is 22.7. The summed E-state index contributed by atoms with van der Waals surface area (Å²) < 4.78 is 71.4. The summed E-state index contributed by atoms with van der Waals surface area (Å²) in [5.74, 6) is -3.59. The second kappa shape index (κ2) is 11.2. The second-order valence-corrected chi connectivity index (χ2v) is 11.0. The fourth-order valence-corrected chi connectivity index (χ4v) is 6.29. The summed E-state index contributed by atoms with van der Waals surface area (Å²) in [6.45, 7) is -0.352. The number of pyridine rings is 1. The van der Waals surface area contributed by atoms with Crippen LogP contribution < -0.4 is 11.1 Å². The monoisotopic (exact) mass is 595 g/mol. The van der Waals surface area contributed by atoms with E-state index in [-0.39, 0.29) is 41.4 Å². The Hall–Kier alpha value is -4.61. The topological polar surface area (TPSA) is 103 Å². The van der Waals surface area contributed by atoms with Crippen LogP contribution in [0.5, 0.6) is 0 Å². The number of hydrogen-bond acceptors (Lipinski definition) is 4. The number of nitrogens with one attached hydrogen (secondary N) is 1. The predicted octanol–water partition coefficient (Wildman–Crippen LogP) is 5.55. The lowest BCUT2D eigenvalue weighted by molar-refractivity contribution is -0.122. The van der Waals surface area contributed by atoms with Crippen LogP contribution in [-0.4, -0.2) is 26.6 Å². The van der Waals surface area contributed by atoms with Gasteiger partial charge >= 0.3 is 0 Å². The van der Waals surface area contributed by atoms with Crippen molar-refractivity contribution >= 4 is 11.8 Å². The Balaban J connectivity index is 1.36. The molecule has 1 fully saturated rings. The van der Waals surface area contributed by atoms with Gasteiger partial charge in [0.2, 0.25) is 5.91 Å². The van der Waals surface area contributed by atoms with Gasteiger partial charge < -0.3 is 11.1 Å². The van der Waals surface area contributed by atoms with E-state index < -0.39 is 41.7 Å². The molecule has 0 aliphatic heterocycles. The number of aromatic nitrogens is 3. The lowest BCUT2D eigenvalue weighted by Crippen LogP contribution is -2.36. The van der Waals surface area contributed by atoms with Crippen LogP contribution in [0.15, 0.2) is 54.7 Å². The van der Waals surface area contributed by atoms with Gasteiger partial charge in [-0.2, -0.15) is 5.10 Å². The van der Waals surface area contributed by atoms with Gasteiger partial charge in [0.15, 0.2) is 0 Å². The van der Waals surface area contributed by atoms with E-state index in [9.17, 15) is 31.5 Å². The van der Waals surface area contributed by atoms with E-state index in [1.54, 1.807) is 12.1 Å². The number of amides is 2. The first-order chi connectivity index (χ1) is 20.6. The maximum atomic E-state index is 14.2. The zero-order chi connectivity index (χ0) is 30.4. The van der Waals surface area contributed by atoms with Crippen molar-refractivity contribution in [2.45, 2.75) is 50.6 Å². The van der Waals surface area contributed by atoms with Crippen LogP contribution in [0.25, 0.3) is 11.1 Å². The van der Waals surface area contributed by atoms with Crippen molar-refractivity contribution in [3.8, 4) is 11.1 Å².